The number of aromatic nitrogens is 2. The van der Waals surface area contributed by atoms with E-state index in [0.29, 0.717) is 56.4 Å². The number of benzene rings is 1. The van der Waals surface area contributed by atoms with E-state index in [1.54, 1.807) is 17.0 Å². The third-order valence-electron chi connectivity index (χ3n) is 6.28. The number of hydrogen-bond donors (Lipinski definition) is 1. The zero-order valence-electron chi connectivity index (χ0n) is 21.1. The number of carbonyl (C=O) groups excluding carboxylic acids is 1. The Morgan fingerprint density at radius 1 is 1.14 bits per heavy atom. The molecule has 1 unspecified atom stereocenters. The molecular formula is C25H26N6O4S2. The highest BCUT2D eigenvalue weighted by Crippen LogP contribution is 2.53. The maximum atomic E-state index is 13.8. The number of ketones is 1. The van der Waals surface area contributed by atoms with Crippen LogP contribution in [0.4, 0.5) is 5.13 Å². The molecule has 1 aliphatic heterocycles. The fourth-order valence-electron chi connectivity index (χ4n) is 4.76. The highest BCUT2D eigenvalue weighted by molar-refractivity contribution is 8.01. The summed E-state index contributed by atoms with van der Waals surface area (Å²) in [4.78, 5) is 15.4. The fraction of sp³-hybridized carbons (Fsp3) is 0.400. The van der Waals surface area contributed by atoms with Crippen molar-refractivity contribution in [1.82, 2.24) is 10.2 Å². The number of carbonyl (C=O) groups is 1. The zero-order chi connectivity index (χ0) is 26.9. The fourth-order valence-corrected chi connectivity index (χ4v) is 6.30. The lowest BCUT2D eigenvalue weighted by Gasteiger charge is -2.42. The number of hydrogen-bond acceptors (Lipinski definition) is 12. The summed E-state index contributed by atoms with van der Waals surface area (Å²) in [6.45, 7) is 4.04. The Bertz CT molecular complexity index is 1400. The van der Waals surface area contributed by atoms with Crippen LogP contribution in [0.15, 0.2) is 39.1 Å². The van der Waals surface area contributed by atoms with E-state index in [-0.39, 0.29) is 28.3 Å². The van der Waals surface area contributed by atoms with Gasteiger partial charge >= 0.3 is 0 Å². The Kier molecular flexibility index (Phi) is 7.35. The summed E-state index contributed by atoms with van der Waals surface area (Å²) in [6.07, 6.45) is 0.837. The van der Waals surface area contributed by atoms with Crippen molar-refractivity contribution in [3.8, 4) is 29.4 Å². The monoisotopic (exact) mass is 538 g/mol. The minimum Gasteiger partial charge on any atom is -0.496 e. The highest BCUT2D eigenvalue weighted by atomic mass is 32.2. The maximum Gasteiger partial charge on any atom is 0.219 e. The van der Waals surface area contributed by atoms with Gasteiger partial charge in [0.25, 0.3) is 0 Å². The second-order valence-electron chi connectivity index (χ2n) is 9.23. The molecule has 0 spiro atoms. The third kappa shape index (κ3) is 4.70. The summed E-state index contributed by atoms with van der Waals surface area (Å²) in [5, 5.41) is 28.2. The Balaban J connectivity index is 1.98. The molecular weight excluding hydrogens is 512 g/mol. The SMILES string of the molecule is COc1cc(OC)c(C2C(C#N)=C(N)N(c3nnc(SCC#N)s3)C3=C2C(=O)CC(C)(C)C3)cc1OC. The van der Waals surface area contributed by atoms with E-state index in [2.05, 4.69) is 22.3 Å². The number of rotatable bonds is 7. The van der Waals surface area contributed by atoms with E-state index in [0.717, 1.165) is 0 Å². The van der Waals surface area contributed by atoms with Crippen LogP contribution in [0.2, 0.25) is 0 Å². The minimum absolute atomic E-state index is 0.0815. The van der Waals surface area contributed by atoms with E-state index in [1.807, 2.05) is 13.8 Å². The average molecular weight is 539 g/mol. The Morgan fingerprint density at radius 2 is 1.81 bits per heavy atom. The lowest BCUT2D eigenvalue weighted by Crippen LogP contribution is -2.42. The number of ether oxygens (including phenoxy) is 3. The number of thioether (sulfide) groups is 1. The second kappa shape index (κ2) is 10.3. The number of nitriles is 2. The summed E-state index contributed by atoms with van der Waals surface area (Å²) in [6, 6.07) is 7.71. The van der Waals surface area contributed by atoms with Gasteiger partial charge in [0.1, 0.15) is 11.6 Å². The molecule has 2 heterocycles. The number of nitrogens with two attached hydrogens (primary N) is 1. The zero-order valence-corrected chi connectivity index (χ0v) is 22.7. The molecule has 192 valence electrons. The van der Waals surface area contributed by atoms with Crippen LogP contribution < -0.4 is 24.8 Å². The lowest BCUT2D eigenvalue weighted by molar-refractivity contribution is -0.118. The molecule has 0 fully saturated rings. The van der Waals surface area contributed by atoms with Gasteiger partial charge in [0.15, 0.2) is 21.6 Å². The first kappa shape index (κ1) is 26.3. The normalized spacial score (nSPS) is 18.7. The molecule has 37 heavy (non-hydrogen) atoms. The first-order valence-corrected chi connectivity index (χ1v) is 13.1. The van der Waals surface area contributed by atoms with Crippen LogP contribution in [0.3, 0.4) is 0 Å². The Morgan fingerprint density at radius 3 is 2.43 bits per heavy atom. The second-order valence-corrected chi connectivity index (χ2v) is 11.4. The molecule has 2 N–H and O–H groups in total. The predicted octanol–water partition coefficient (Wildman–Crippen LogP) is 4.12. The first-order valence-electron chi connectivity index (χ1n) is 11.3. The first-order chi connectivity index (χ1) is 17.7. The van der Waals surface area contributed by atoms with Gasteiger partial charge in [-0.15, -0.1) is 10.2 Å². The van der Waals surface area contributed by atoms with E-state index >= 15 is 0 Å². The molecule has 4 rings (SSSR count). The van der Waals surface area contributed by atoms with Gasteiger partial charge in [-0.2, -0.15) is 10.5 Å². The molecule has 10 nitrogen and oxygen atoms in total. The highest BCUT2D eigenvalue weighted by Gasteiger charge is 2.46. The van der Waals surface area contributed by atoms with Gasteiger partial charge in [0, 0.05) is 29.3 Å². The van der Waals surface area contributed by atoms with Gasteiger partial charge in [-0.25, -0.2) is 0 Å². The van der Waals surface area contributed by atoms with Crippen molar-refractivity contribution >= 4 is 34.0 Å². The quantitative estimate of drug-likeness (QED) is 0.508. The van der Waals surface area contributed by atoms with Gasteiger partial charge in [-0.05, 0) is 17.9 Å². The number of nitrogens with zero attached hydrogens (tertiary/aromatic N) is 5. The van der Waals surface area contributed by atoms with Crippen LogP contribution in [-0.4, -0.2) is 43.1 Å². The van der Waals surface area contributed by atoms with Crippen molar-refractivity contribution < 1.29 is 19.0 Å². The average Bonchev–Trinajstić information content (AvgIpc) is 3.33. The molecule has 1 aromatic carbocycles. The standard InChI is InChI=1S/C25H26N6O4S2/c1-25(2)10-15-21(16(32)11-25)20(13-8-18(34-4)19(35-5)9-17(13)33-3)14(12-27)22(28)31(15)23-29-30-24(37-23)36-7-6-26/h8-9,20H,7,10-11,28H2,1-5H3. The molecule has 12 heteroatoms. The predicted molar refractivity (Wildman–Crippen MR) is 139 cm³/mol. The molecule has 0 amide bonds. The Hall–Kier alpha value is -3.74. The summed E-state index contributed by atoms with van der Waals surface area (Å²) in [5.74, 6) is 0.873. The maximum absolute atomic E-state index is 13.8. The van der Waals surface area contributed by atoms with Crippen molar-refractivity contribution in [2.45, 2.75) is 36.9 Å². The van der Waals surface area contributed by atoms with Crippen LogP contribution in [0.25, 0.3) is 0 Å². The van der Waals surface area contributed by atoms with E-state index < -0.39 is 5.92 Å². The van der Waals surface area contributed by atoms with Crippen LogP contribution >= 0.6 is 23.1 Å². The summed E-state index contributed by atoms with van der Waals surface area (Å²) in [5.41, 5.74) is 8.25. The molecule has 1 aromatic heterocycles. The summed E-state index contributed by atoms with van der Waals surface area (Å²) in [7, 11) is 4.55. The van der Waals surface area contributed by atoms with Crippen molar-refractivity contribution in [2.24, 2.45) is 11.1 Å². The van der Waals surface area contributed by atoms with Crippen molar-refractivity contribution in [2.75, 3.05) is 32.0 Å². The number of allylic oxidation sites excluding steroid dienone is 3. The van der Waals surface area contributed by atoms with Crippen LogP contribution in [-0.2, 0) is 4.79 Å². The Labute approximate surface area is 223 Å². The van der Waals surface area contributed by atoms with Crippen LogP contribution in [0.5, 0.6) is 17.2 Å². The van der Waals surface area contributed by atoms with Crippen LogP contribution in [0, 0.1) is 28.1 Å². The number of methoxy groups -OCH3 is 3. The molecule has 0 saturated carbocycles. The van der Waals surface area contributed by atoms with E-state index in [4.69, 9.17) is 25.2 Å². The number of anilines is 1. The topological polar surface area (TPSA) is 147 Å². The van der Waals surface area contributed by atoms with Crippen LogP contribution in [0.1, 0.15) is 38.2 Å². The summed E-state index contributed by atoms with van der Waals surface area (Å²) < 4.78 is 17.2. The van der Waals surface area contributed by atoms with Gasteiger partial charge in [0.2, 0.25) is 5.13 Å². The molecule has 2 aromatic rings. The lowest BCUT2D eigenvalue weighted by atomic mass is 9.68. The van der Waals surface area contributed by atoms with E-state index in [1.165, 1.54) is 44.4 Å². The molecule has 1 atom stereocenters. The van der Waals surface area contributed by atoms with Crippen molar-refractivity contribution in [1.29, 1.82) is 10.5 Å². The minimum atomic E-state index is -0.769. The van der Waals surface area contributed by atoms with Crippen molar-refractivity contribution in [3.63, 3.8) is 0 Å². The van der Waals surface area contributed by atoms with E-state index in [9.17, 15) is 10.1 Å². The smallest absolute Gasteiger partial charge is 0.219 e. The summed E-state index contributed by atoms with van der Waals surface area (Å²) >= 11 is 2.52. The molecule has 0 saturated heterocycles. The molecule has 2 aliphatic rings. The molecule has 1 aliphatic carbocycles. The third-order valence-corrected chi connectivity index (χ3v) is 8.18. The van der Waals surface area contributed by atoms with Gasteiger partial charge in [-0.1, -0.05) is 36.9 Å². The van der Waals surface area contributed by atoms with Crippen molar-refractivity contribution in [3.05, 3.63) is 40.4 Å². The molecule has 0 radical (unpaired) electrons. The van der Waals surface area contributed by atoms with Gasteiger partial charge in [0.05, 0.1) is 50.7 Å². The van der Waals surface area contributed by atoms with Gasteiger partial charge < -0.3 is 19.9 Å². The largest absolute Gasteiger partial charge is 0.496 e. The molecule has 0 bridgehead atoms. The number of Topliss-reactive ketones (excluding diaryl/α,β-unsaturated/α-hetero) is 1. The van der Waals surface area contributed by atoms with Gasteiger partial charge in [-0.3, -0.25) is 9.69 Å².